The van der Waals surface area contributed by atoms with Crippen molar-refractivity contribution >= 4 is 0 Å². The average molecular weight is 277 g/mol. The minimum Gasteiger partial charge on any atom is -0.497 e. The van der Waals surface area contributed by atoms with Crippen LogP contribution in [0.5, 0.6) is 5.75 Å². The molecule has 0 heterocycles. The van der Waals surface area contributed by atoms with E-state index in [1.54, 1.807) is 14.2 Å². The molecule has 0 spiro atoms. The largest absolute Gasteiger partial charge is 0.497 e. The lowest BCUT2D eigenvalue weighted by Gasteiger charge is -2.18. The first-order valence-corrected chi connectivity index (χ1v) is 7.67. The molecule has 20 heavy (non-hydrogen) atoms. The van der Waals surface area contributed by atoms with E-state index in [-0.39, 0.29) is 0 Å². The second-order valence-corrected chi connectivity index (χ2v) is 5.74. The molecular weight excluding hydrogens is 250 g/mol. The molecule has 1 unspecified atom stereocenters. The molecule has 0 bridgehead atoms. The van der Waals surface area contributed by atoms with Crippen molar-refractivity contribution in [1.82, 2.24) is 5.32 Å². The fourth-order valence-electron chi connectivity index (χ4n) is 2.51. The minimum atomic E-state index is 0.694. The standard InChI is InChI=1S/C17H27NO2/c1-19-11-3-4-15(13-18-16-7-8-16)12-14-5-9-17(20-2)10-6-14/h5-6,9-10,15-16,18H,3-4,7-8,11-13H2,1-2H3. The Balaban J connectivity index is 1.82. The van der Waals surface area contributed by atoms with Gasteiger partial charge >= 0.3 is 0 Å². The monoisotopic (exact) mass is 277 g/mol. The lowest BCUT2D eigenvalue weighted by atomic mass is 9.94. The van der Waals surface area contributed by atoms with Gasteiger partial charge in [0.2, 0.25) is 0 Å². The molecule has 2 rings (SSSR count). The Labute approximate surface area is 122 Å². The van der Waals surface area contributed by atoms with E-state index < -0.39 is 0 Å². The topological polar surface area (TPSA) is 30.5 Å². The maximum atomic E-state index is 5.21. The molecule has 1 aliphatic carbocycles. The summed E-state index contributed by atoms with van der Waals surface area (Å²) in [5.74, 6) is 1.62. The summed E-state index contributed by atoms with van der Waals surface area (Å²) < 4.78 is 10.4. The number of ether oxygens (including phenoxy) is 2. The summed E-state index contributed by atoms with van der Waals surface area (Å²) in [6.07, 6.45) is 6.21. The van der Waals surface area contributed by atoms with Crippen molar-refractivity contribution in [3.8, 4) is 5.75 Å². The summed E-state index contributed by atoms with van der Waals surface area (Å²) in [5.41, 5.74) is 1.39. The smallest absolute Gasteiger partial charge is 0.118 e. The molecule has 1 saturated carbocycles. The predicted molar refractivity (Wildman–Crippen MR) is 82.3 cm³/mol. The Bertz CT molecular complexity index is 373. The molecule has 112 valence electrons. The number of hydrogen-bond acceptors (Lipinski definition) is 3. The van der Waals surface area contributed by atoms with E-state index in [0.29, 0.717) is 5.92 Å². The first-order chi connectivity index (χ1) is 9.81. The molecule has 1 N–H and O–H groups in total. The number of nitrogens with one attached hydrogen (secondary N) is 1. The van der Waals surface area contributed by atoms with E-state index >= 15 is 0 Å². The van der Waals surface area contributed by atoms with Gasteiger partial charge in [0, 0.05) is 19.8 Å². The van der Waals surface area contributed by atoms with Crippen LogP contribution < -0.4 is 10.1 Å². The maximum absolute atomic E-state index is 5.21. The van der Waals surface area contributed by atoms with E-state index in [1.807, 2.05) is 0 Å². The first kappa shape index (κ1) is 15.3. The summed E-state index contributed by atoms with van der Waals surface area (Å²) in [7, 11) is 3.49. The summed E-state index contributed by atoms with van der Waals surface area (Å²) in [6.45, 7) is 1.99. The average Bonchev–Trinajstić information content (AvgIpc) is 3.30. The van der Waals surface area contributed by atoms with Gasteiger partial charge in [-0.2, -0.15) is 0 Å². The SMILES string of the molecule is COCCCC(CNC1CC1)Cc1ccc(OC)cc1. The van der Waals surface area contributed by atoms with Crippen LogP contribution in [-0.2, 0) is 11.2 Å². The quantitative estimate of drug-likeness (QED) is 0.667. The van der Waals surface area contributed by atoms with Gasteiger partial charge in [-0.1, -0.05) is 12.1 Å². The fourth-order valence-corrected chi connectivity index (χ4v) is 2.51. The summed E-state index contributed by atoms with van der Waals surface area (Å²) in [6, 6.07) is 9.25. The molecule has 1 aromatic carbocycles. The molecule has 0 radical (unpaired) electrons. The van der Waals surface area contributed by atoms with Gasteiger partial charge in [-0.3, -0.25) is 0 Å². The predicted octanol–water partition coefficient (Wildman–Crippen LogP) is 3.03. The second-order valence-electron chi connectivity index (χ2n) is 5.74. The number of benzene rings is 1. The number of rotatable bonds is 10. The van der Waals surface area contributed by atoms with Crippen molar-refractivity contribution in [2.45, 2.75) is 38.1 Å². The molecular formula is C17H27NO2. The Kier molecular flexibility index (Phi) is 6.34. The van der Waals surface area contributed by atoms with Crippen molar-refractivity contribution < 1.29 is 9.47 Å². The molecule has 1 atom stereocenters. The van der Waals surface area contributed by atoms with Crippen molar-refractivity contribution in [3.05, 3.63) is 29.8 Å². The lowest BCUT2D eigenvalue weighted by molar-refractivity contribution is 0.186. The van der Waals surface area contributed by atoms with Crippen molar-refractivity contribution in [1.29, 1.82) is 0 Å². The van der Waals surface area contributed by atoms with Crippen LogP contribution in [0.4, 0.5) is 0 Å². The van der Waals surface area contributed by atoms with Gasteiger partial charge in [-0.25, -0.2) is 0 Å². The van der Waals surface area contributed by atoms with Crippen LogP contribution in [0.3, 0.4) is 0 Å². The zero-order valence-corrected chi connectivity index (χ0v) is 12.7. The maximum Gasteiger partial charge on any atom is 0.118 e. The Morgan fingerprint density at radius 1 is 1.20 bits per heavy atom. The zero-order valence-electron chi connectivity index (χ0n) is 12.7. The highest BCUT2D eigenvalue weighted by molar-refractivity contribution is 5.27. The van der Waals surface area contributed by atoms with E-state index in [4.69, 9.17) is 9.47 Å². The third-order valence-corrected chi connectivity index (χ3v) is 3.92. The molecule has 3 heteroatoms. The van der Waals surface area contributed by atoms with Gasteiger partial charge in [0.15, 0.2) is 0 Å². The minimum absolute atomic E-state index is 0.694. The van der Waals surface area contributed by atoms with Gasteiger partial charge in [0.25, 0.3) is 0 Å². The van der Waals surface area contributed by atoms with Crippen LogP contribution in [0, 0.1) is 5.92 Å². The lowest BCUT2D eigenvalue weighted by Crippen LogP contribution is -2.26. The Morgan fingerprint density at radius 3 is 2.55 bits per heavy atom. The third kappa shape index (κ3) is 5.51. The van der Waals surface area contributed by atoms with Crippen molar-refractivity contribution in [2.75, 3.05) is 27.4 Å². The second kappa shape index (κ2) is 8.28. The molecule has 1 aliphatic rings. The van der Waals surface area contributed by atoms with Crippen LogP contribution in [0.2, 0.25) is 0 Å². The fraction of sp³-hybridized carbons (Fsp3) is 0.647. The van der Waals surface area contributed by atoms with Crippen LogP contribution in [-0.4, -0.2) is 33.4 Å². The molecule has 0 saturated heterocycles. The first-order valence-electron chi connectivity index (χ1n) is 7.67. The number of methoxy groups -OCH3 is 2. The Hall–Kier alpha value is -1.06. The zero-order chi connectivity index (χ0) is 14.2. The highest BCUT2D eigenvalue weighted by Crippen LogP contribution is 2.21. The van der Waals surface area contributed by atoms with Crippen molar-refractivity contribution in [2.24, 2.45) is 5.92 Å². The molecule has 0 aliphatic heterocycles. The van der Waals surface area contributed by atoms with Gasteiger partial charge in [-0.05, 0) is 62.3 Å². The van der Waals surface area contributed by atoms with E-state index in [2.05, 4.69) is 29.6 Å². The highest BCUT2D eigenvalue weighted by atomic mass is 16.5. The van der Waals surface area contributed by atoms with Crippen molar-refractivity contribution in [3.63, 3.8) is 0 Å². The van der Waals surface area contributed by atoms with Crippen LogP contribution in [0.25, 0.3) is 0 Å². The third-order valence-electron chi connectivity index (χ3n) is 3.92. The molecule has 1 fully saturated rings. The van der Waals surface area contributed by atoms with Gasteiger partial charge in [0.1, 0.15) is 5.75 Å². The van der Waals surface area contributed by atoms with Gasteiger partial charge < -0.3 is 14.8 Å². The van der Waals surface area contributed by atoms with Gasteiger partial charge in [0.05, 0.1) is 7.11 Å². The van der Waals surface area contributed by atoms with Gasteiger partial charge in [-0.15, -0.1) is 0 Å². The summed E-state index contributed by atoms with van der Waals surface area (Å²) in [5, 5.41) is 3.66. The highest BCUT2D eigenvalue weighted by Gasteiger charge is 2.21. The normalized spacial score (nSPS) is 16.1. The van der Waals surface area contributed by atoms with E-state index in [9.17, 15) is 0 Å². The van der Waals surface area contributed by atoms with E-state index in [0.717, 1.165) is 37.8 Å². The van der Waals surface area contributed by atoms with E-state index in [1.165, 1.54) is 24.8 Å². The number of hydrogen-bond donors (Lipinski definition) is 1. The summed E-state index contributed by atoms with van der Waals surface area (Å²) in [4.78, 5) is 0. The van der Waals surface area contributed by atoms with Crippen LogP contribution in [0.1, 0.15) is 31.2 Å². The molecule has 1 aromatic rings. The molecule has 0 aromatic heterocycles. The van der Waals surface area contributed by atoms with Crippen LogP contribution in [0.15, 0.2) is 24.3 Å². The molecule has 3 nitrogen and oxygen atoms in total. The summed E-state index contributed by atoms with van der Waals surface area (Å²) >= 11 is 0. The Morgan fingerprint density at radius 2 is 1.95 bits per heavy atom. The molecule has 0 amide bonds. The van der Waals surface area contributed by atoms with Crippen LogP contribution >= 0.6 is 0 Å².